The minimum atomic E-state index is -0.111. The van der Waals surface area contributed by atoms with Crippen LogP contribution in [0.1, 0.15) is 34.6 Å². The number of aromatic nitrogens is 2. The van der Waals surface area contributed by atoms with E-state index in [9.17, 15) is 9.59 Å². The van der Waals surface area contributed by atoms with Crippen LogP contribution in [0.4, 0.5) is 0 Å². The van der Waals surface area contributed by atoms with Crippen molar-refractivity contribution < 1.29 is 9.59 Å². The van der Waals surface area contributed by atoms with Gasteiger partial charge in [0.25, 0.3) is 5.91 Å². The van der Waals surface area contributed by atoms with Crippen LogP contribution in [-0.4, -0.2) is 50.7 Å². The molecule has 130 valence electrons. The molecule has 25 heavy (non-hydrogen) atoms. The predicted octanol–water partition coefficient (Wildman–Crippen LogP) is 2.11. The number of pyridine rings is 1. The molecule has 2 unspecified atom stereocenters. The van der Waals surface area contributed by atoms with Crippen molar-refractivity contribution in [3.63, 3.8) is 0 Å². The Balaban J connectivity index is 1.55. The summed E-state index contributed by atoms with van der Waals surface area (Å²) >= 11 is 1.54. The van der Waals surface area contributed by atoms with E-state index in [0.29, 0.717) is 25.2 Å². The van der Waals surface area contributed by atoms with Crippen molar-refractivity contribution in [1.82, 2.24) is 19.8 Å². The number of carbonyl (C=O) groups is 2. The summed E-state index contributed by atoms with van der Waals surface area (Å²) in [6, 6.07) is 3.72. The van der Waals surface area contributed by atoms with Crippen LogP contribution in [0.2, 0.25) is 0 Å². The Kier molecular flexibility index (Phi) is 4.25. The molecule has 0 aliphatic carbocycles. The van der Waals surface area contributed by atoms with Crippen LogP contribution in [0, 0.1) is 12.8 Å². The average Bonchev–Trinajstić information content (AvgIpc) is 2.98. The van der Waals surface area contributed by atoms with Gasteiger partial charge in [-0.1, -0.05) is 0 Å². The fourth-order valence-electron chi connectivity index (χ4n) is 3.68. The van der Waals surface area contributed by atoms with E-state index in [1.165, 1.54) is 11.3 Å². The second-order valence-electron chi connectivity index (χ2n) is 6.77. The van der Waals surface area contributed by atoms with Crippen molar-refractivity contribution in [2.45, 2.75) is 32.4 Å². The van der Waals surface area contributed by atoms with Gasteiger partial charge in [0.05, 0.1) is 29.2 Å². The lowest BCUT2D eigenvalue weighted by molar-refractivity contribution is -0.140. The molecule has 6 nitrogen and oxygen atoms in total. The lowest BCUT2D eigenvalue weighted by Crippen LogP contribution is -2.47. The van der Waals surface area contributed by atoms with Crippen LogP contribution in [0.3, 0.4) is 0 Å². The summed E-state index contributed by atoms with van der Waals surface area (Å²) in [4.78, 5) is 38.0. The van der Waals surface area contributed by atoms with Crippen molar-refractivity contribution >= 4 is 23.2 Å². The Bertz CT molecular complexity index is 775. The van der Waals surface area contributed by atoms with E-state index in [0.717, 1.165) is 24.2 Å². The maximum absolute atomic E-state index is 12.9. The molecule has 5 rings (SSSR count). The molecule has 2 bridgehead atoms. The third-order valence-electron chi connectivity index (χ3n) is 5.05. The van der Waals surface area contributed by atoms with E-state index in [-0.39, 0.29) is 23.8 Å². The van der Waals surface area contributed by atoms with Gasteiger partial charge >= 0.3 is 0 Å². The Labute approximate surface area is 150 Å². The van der Waals surface area contributed by atoms with Crippen molar-refractivity contribution in [2.75, 3.05) is 13.1 Å². The van der Waals surface area contributed by atoms with Crippen molar-refractivity contribution in [2.24, 2.45) is 5.92 Å². The van der Waals surface area contributed by atoms with Crippen molar-refractivity contribution in [3.05, 3.63) is 46.2 Å². The van der Waals surface area contributed by atoms with Crippen LogP contribution in [0.25, 0.3) is 0 Å². The molecule has 0 aromatic carbocycles. The van der Waals surface area contributed by atoms with E-state index < -0.39 is 0 Å². The highest BCUT2D eigenvalue weighted by atomic mass is 32.1. The molecule has 2 aromatic heterocycles. The standard InChI is InChI=1S/C18H20N4O2S/c1-12-2-3-13(6-19-12)17(23)21-7-14-4-5-16(9-21)22(18(14)24)8-15-10-25-11-20-15/h2-3,6,10-11,14,16H,4-5,7-9H2,1H3. The highest BCUT2D eigenvalue weighted by Gasteiger charge is 2.42. The largest absolute Gasteiger partial charge is 0.336 e. The van der Waals surface area contributed by atoms with Crippen LogP contribution in [-0.2, 0) is 11.3 Å². The molecule has 2 aromatic rings. The number of nitrogens with zero attached hydrogens (tertiary/aromatic N) is 4. The van der Waals surface area contributed by atoms with Crippen molar-refractivity contribution in [3.8, 4) is 0 Å². The number of piperidine rings is 1. The number of aryl methyl sites for hydroxylation is 1. The van der Waals surface area contributed by atoms with Gasteiger partial charge in [-0.3, -0.25) is 14.6 Å². The van der Waals surface area contributed by atoms with Gasteiger partial charge in [-0.05, 0) is 31.9 Å². The van der Waals surface area contributed by atoms with Crippen molar-refractivity contribution in [1.29, 1.82) is 0 Å². The first kappa shape index (κ1) is 16.2. The van der Waals surface area contributed by atoms with E-state index in [1.54, 1.807) is 11.7 Å². The van der Waals surface area contributed by atoms with E-state index in [4.69, 9.17) is 0 Å². The van der Waals surface area contributed by atoms with Crippen LogP contribution >= 0.6 is 11.3 Å². The fourth-order valence-corrected chi connectivity index (χ4v) is 4.23. The summed E-state index contributed by atoms with van der Waals surface area (Å²) in [6.07, 6.45) is 3.42. The lowest BCUT2D eigenvalue weighted by atomic mass is 9.94. The molecule has 3 aliphatic rings. The maximum Gasteiger partial charge on any atom is 0.255 e. The molecule has 3 aliphatic heterocycles. The normalized spacial score (nSPS) is 23.0. The summed E-state index contributed by atoms with van der Waals surface area (Å²) in [7, 11) is 0. The molecular weight excluding hydrogens is 336 g/mol. The van der Waals surface area contributed by atoms with E-state index in [1.807, 2.05) is 34.2 Å². The Morgan fingerprint density at radius 1 is 1.28 bits per heavy atom. The smallest absolute Gasteiger partial charge is 0.255 e. The Morgan fingerprint density at radius 3 is 2.88 bits per heavy atom. The number of thiazole rings is 1. The van der Waals surface area contributed by atoms with Gasteiger partial charge in [-0.15, -0.1) is 11.3 Å². The number of hydrogen-bond acceptors (Lipinski definition) is 5. The summed E-state index contributed by atoms with van der Waals surface area (Å²) in [6.45, 7) is 3.52. The highest BCUT2D eigenvalue weighted by molar-refractivity contribution is 7.07. The SMILES string of the molecule is Cc1ccc(C(=O)N2CC3CCC(C2)N(Cc2cscn2)C3=O)cn1. The molecule has 0 saturated carbocycles. The topological polar surface area (TPSA) is 66.4 Å². The van der Waals surface area contributed by atoms with Gasteiger partial charge in [0.2, 0.25) is 5.91 Å². The summed E-state index contributed by atoms with van der Waals surface area (Å²) in [5.41, 5.74) is 4.19. The number of amides is 2. The summed E-state index contributed by atoms with van der Waals surface area (Å²) in [5, 5.41) is 1.98. The molecule has 0 radical (unpaired) electrons. The number of carbonyl (C=O) groups excluding carboxylic acids is 2. The molecule has 0 spiro atoms. The molecule has 3 saturated heterocycles. The Morgan fingerprint density at radius 2 is 2.16 bits per heavy atom. The zero-order valence-corrected chi connectivity index (χ0v) is 14.9. The zero-order valence-electron chi connectivity index (χ0n) is 14.1. The van der Waals surface area contributed by atoms with Gasteiger partial charge in [-0.25, -0.2) is 4.98 Å². The van der Waals surface area contributed by atoms with Crippen LogP contribution in [0.5, 0.6) is 0 Å². The van der Waals surface area contributed by atoms with Gasteiger partial charge in [0.1, 0.15) is 0 Å². The van der Waals surface area contributed by atoms with E-state index in [2.05, 4.69) is 9.97 Å². The second-order valence-corrected chi connectivity index (χ2v) is 7.49. The molecule has 0 N–H and O–H groups in total. The zero-order chi connectivity index (χ0) is 17.4. The minimum absolute atomic E-state index is 0.0345. The quantitative estimate of drug-likeness (QED) is 0.845. The first-order chi connectivity index (χ1) is 12.1. The molecule has 2 atom stereocenters. The predicted molar refractivity (Wildman–Crippen MR) is 94.1 cm³/mol. The third kappa shape index (κ3) is 3.16. The maximum atomic E-state index is 12.9. The third-order valence-corrected chi connectivity index (χ3v) is 5.69. The summed E-state index contributed by atoms with van der Waals surface area (Å²) < 4.78 is 0. The molecule has 2 amide bonds. The molecular formula is C18H20N4O2S. The summed E-state index contributed by atoms with van der Waals surface area (Å²) in [5.74, 6) is 0.00836. The molecule has 7 heteroatoms. The first-order valence-corrected chi connectivity index (χ1v) is 9.45. The average molecular weight is 356 g/mol. The van der Waals surface area contributed by atoms with Crippen LogP contribution < -0.4 is 0 Å². The highest BCUT2D eigenvalue weighted by Crippen LogP contribution is 2.31. The van der Waals surface area contributed by atoms with Gasteiger partial charge in [0, 0.05) is 36.4 Å². The molecule has 3 fully saturated rings. The first-order valence-electron chi connectivity index (χ1n) is 8.51. The van der Waals surface area contributed by atoms with Gasteiger partial charge in [-0.2, -0.15) is 0 Å². The van der Waals surface area contributed by atoms with Crippen LogP contribution in [0.15, 0.2) is 29.2 Å². The Hall–Kier alpha value is -2.28. The second kappa shape index (κ2) is 6.55. The number of fused-ring (bicyclic) bond motifs is 4. The fraction of sp³-hybridized carbons (Fsp3) is 0.444. The minimum Gasteiger partial charge on any atom is -0.336 e. The van der Waals surface area contributed by atoms with Gasteiger partial charge < -0.3 is 9.80 Å². The molecule has 5 heterocycles. The van der Waals surface area contributed by atoms with Gasteiger partial charge in [0.15, 0.2) is 0 Å². The van der Waals surface area contributed by atoms with E-state index >= 15 is 0 Å². The number of rotatable bonds is 3. The lowest BCUT2D eigenvalue weighted by Gasteiger charge is -2.35. The monoisotopic (exact) mass is 356 g/mol. The number of hydrogen-bond donors (Lipinski definition) is 0.